The Labute approximate surface area is 168 Å². The third kappa shape index (κ3) is 3.88. The van der Waals surface area contributed by atoms with Gasteiger partial charge in [0.05, 0.1) is 23.1 Å². The Balaban J connectivity index is 2.19. The van der Waals surface area contributed by atoms with Gasteiger partial charge in [-0.05, 0) is 50.1 Å². The first-order valence-electron chi connectivity index (χ1n) is 9.08. The molecule has 1 aliphatic rings. The monoisotopic (exact) mass is 408 g/mol. The minimum atomic E-state index is -1.51. The van der Waals surface area contributed by atoms with Crippen molar-refractivity contribution in [1.29, 1.82) is 0 Å². The topological polar surface area (TPSA) is 46.2 Å². The van der Waals surface area contributed by atoms with E-state index in [1.807, 2.05) is 63.2 Å². The van der Waals surface area contributed by atoms with Crippen LogP contribution < -0.4 is 4.72 Å². The number of Topliss-reactive ketones (excluding diaryl/α,β-unsaturated/α-hetero) is 1. The van der Waals surface area contributed by atoms with E-state index in [2.05, 4.69) is 4.72 Å². The number of nitrogens with one attached hydrogen (secondary N) is 1. The van der Waals surface area contributed by atoms with Gasteiger partial charge >= 0.3 is 0 Å². The molecule has 3 nitrogen and oxygen atoms in total. The predicted octanol–water partition coefficient (Wildman–Crippen LogP) is 4.70. The third-order valence-electron chi connectivity index (χ3n) is 4.28. The minimum Gasteiger partial charge on any atom is -0.297 e. The number of rotatable bonds is 5. The number of fused-ring (bicyclic) bond motifs is 1. The maximum atomic E-state index is 13.0. The molecule has 1 heterocycles. The number of carbonyl (C=O) groups excluding carboxylic acids is 1. The van der Waals surface area contributed by atoms with Gasteiger partial charge in [0.2, 0.25) is 0 Å². The van der Waals surface area contributed by atoms with Gasteiger partial charge in [-0.15, -0.1) is 23.5 Å². The molecule has 2 atom stereocenters. The highest BCUT2D eigenvalue weighted by Gasteiger charge is 2.49. The second-order valence-corrected chi connectivity index (χ2v) is 12.1. The van der Waals surface area contributed by atoms with Gasteiger partial charge < -0.3 is 0 Å². The average molecular weight is 409 g/mol. The number of ketones is 1. The van der Waals surface area contributed by atoms with Crippen molar-refractivity contribution >= 4 is 51.1 Å². The molecule has 0 aromatic heterocycles. The fourth-order valence-corrected chi connectivity index (χ4v) is 6.84. The van der Waals surface area contributed by atoms with Crippen molar-refractivity contribution < 1.29 is 10.4 Å². The maximum absolute atomic E-state index is 13.0. The van der Waals surface area contributed by atoms with E-state index in [4.69, 9.17) is 0 Å². The molecule has 140 valence electrons. The Morgan fingerprint density at radius 2 is 1.81 bits per heavy atom. The largest absolute Gasteiger partial charge is 0.297 e. The normalized spacial score (nSPS) is 21.2. The van der Waals surface area contributed by atoms with Crippen LogP contribution in [0.1, 0.15) is 40.6 Å². The molecule has 1 aliphatic heterocycles. The number of benzene rings is 2. The molecule has 0 aliphatic carbocycles. The summed E-state index contributed by atoms with van der Waals surface area (Å²) in [4.78, 5) is 12.8. The van der Waals surface area contributed by atoms with Gasteiger partial charge in [-0.3, -0.25) is 4.79 Å². The highest BCUT2D eigenvalue weighted by atomic mass is 32.2. The summed E-state index contributed by atoms with van der Waals surface area (Å²) < 4.78 is 23.9. The van der Waals surface area contributed by atoms with E-state index in [-0.39, 0.29) is 5.78 Å². The molecule has 2 aromatic rings. The molecule has 2 aromatic carbocycles. The lowest BCUT2D eigenvalue weighted by molar-refractivity contribution is -0.117. The molecular formula is C20H25NO2S3. The van der Waals surface area contributed by atoms with Crippen LogP contribution in [-0.4, -0.2) is 30.3 Å². The first-order valence-corrected chi connectivity index (χ1v) is 11.7. The molecule has 0 radical (unpaired) electrons. The number of carbonyl (C=O) groups is 1. The van der Waals surface area contributed by atoms with Crippen LogP contribution >= 0.6 is 23.5 Å². The summed E-state index contributed by atoms with van der Waals surface area (Å²) in [6.45, 7) is 7.14. The second-order valence-electron chi connectivity index (χ2n) is 7.29. The molecule has 3 rings (SSSR count). The lowest BCUT2D eigenvalue weighted by Crippen LogP contribution is -2.46. The molecule has 6 heteroatoms. The maximum Gasteiger partial charge on any atom is 0.157 e. The van der Waals surface area contributed by atoms with Crippen LogP contribution in [0.25, 0.3) is 10.8 Å². The zero-order valence-electron chi connectivity index (χ0n) is 16.5. The van der Waals surface area contributed by atoms with Crippen molar-refractivity contribution in [2.24, 2.45) is 0 Å². The highest BCUT2D eigenvalue weighted by Crippen LogP contribution is 2.52. The summed E-state index contributed by atoms with van der Waals surface area (Å²) in [5.41, 5.74) is 0.663. The zero-order chi connectivity index (χ0) is 19.9. The lowest BCUT2D eigenvalue weighted by Gasteiger charge is -2.36. The second kappa shape index (κ2) is 7.66. The first-order chi connectivity index (χ1) is 12.6. The summed E-state index contributed by atoms with van der Waals surface area (Å²) in [6.07, 6.45) is 0. The van der Waals surface area contributed by atoms with E-state index >= 15 is 0 Å². The predicted molar refractivity (Wildman–Crippen MR) is 116 cm³/mol. The van der Waals surface area contributed by atoms with Gasteiger partial charge in [-0.25, -0.2) is 8.93 Å². The minimum absolute atomic E-state index is 0.0726. The van der Waals surface area contributed by atoms with Gasteiger partial charge in [-0.1, -0.05) is 36.4 Å². The smallest absolute Gasteiger partial charge is 0.157 e. The lowest BCUT2D eigenvalue weighted by atomic mass is 9.98. The number of hydrogen-bond donors (Lipinski definition) is 1. The van der Waals surface area contributed by atoms with Crippen molar-refractivity contribution in [2.75, 3.05) is 11.5 Å². The van der Waals surface area contributed by atoms with E-state index in [1.54, 1.807) is 0 Å². The molecule has 26 heavy (non-hydrogen) atoms. The fraction of sp³-hybridized carbons (Fsp3) is 0.450. The van der Waals surface area contributed by atoms with E-state index in [0.717, 1.165) is 22.3 Å². The van der Waals surface area contributed by atoms with E-state index < -0.39 is 25.8 Å². The quantitative estimate of drug-likeness (QED) is 0.779. The zero-order valence-corrected chi connectivity index (χ0v) is 17.9. The SMILES string of the molecule is [2H][C@](NS(=O)C(C)(C)C)(c1ccc2ccccc2c1)C1(C(C)=O)SCCS1. The molecule has 1 fully saturated rings. The van der Waals surface area contributed by atoms with Gasteiger partial charge in [-0.2, -0.15) is 0 Å². The van der Waals surface area contributed by atoms with Crippen molar-refractivity contribution in [1.82, 2.24) is 4.72 Å². The van der Waals surface area contributed by atoms with E-state index in [9.17, 15) is 10.4 Å². The van der Waals surface area contributed by atoms with Crippen LogP contribution in [-0.2, 0) is 15.8 Å². The van der Waals surface area contributed by atoms with Crippen LogP contribution in [0.4, 0.5) is 0 Å². The molecule has 0 saturated carbocycles. The molecular weight excluding hydrogens is 382 g/mol. The van der Waals surface area contributed by atoms with Crippen LogP contribution in [0.3, 0.4) is 0 Å². The van der Waals surface area contributed by atoms with Crippen molar-refractivity contribution in [2.45, 2.75) is 42.5 Å². The van der Waals surface area contributed by atoms with Crippen LogP contribution in [0.5, 0.6) is 0 Å². The average Bonchev–Trinajstić information content (AvgIpc) is 3.12. The van der Waals surface area contributed by atoms with Crippen molar-refractivity contribution in [3.8, 4) is 0 Å². The summed E-state index contributed by atoms with van der Waals surface area (Å²) in [7, 11) is -1.50. The molecule has 0 bridgehead atoms. The molecule has 0 amide bonds. The Hall–Kier alpha value is -0.820. The highest BCUT2D eigenvalue weighted by molar-refractivity contribution is 8.22. The Bertz CT molecular complexity index is 890. The molecule has 0 spiro atoms. The van der Waals surface area contributed by atoms with Crippen LogP contribution in [0.15, 0.2) is 42.5 Å². The first kappa shape index (κ1) is 18.5. The van der Waals surface area contributed by atoms with Gasteiger partial charge in [0.15, 0.2) is 5.78 Å². The van der Waals surface area contributed by atoms with Gasteiger partial charge in [0, 0.05) is 11.5 Å². The summed E-state index contributed by atoms with van der Waals surface area (Å²) in [5, 5.41) is 2.07. The third-order valence-corrected chi connectivity index (χ3v) is 9.36. The van der Waals surface area contributed by atoms with Gasteiger partial charge in [0.25, 0.3) is 0 Å². The van der Waals surface area contributed by atoms with Crippen LogP contribution in [0, 0.1) is 0 Å². The van der Waals surface area contributed by atoms with Crippen molar-refractivity contribution in [3.63, 3.8) is 0 Å². The summed E-state index contributed by atoms with van der Waals surface area (Å²) in [6, 6.07) is 12.2. The molecule has 1 N–H and O–H groups in total. The van der Waals surface area contributed by atoms with Gasteiger partial charge in [0.1, 0.15) is 4.08 Å². The Morgan fingerprint density at radius 1 is 1.19 bits per heavy atom. The van der Waals surface area contributed by atoms with E-state index in [1.165, 1.54) is 30.4 Å². The number of hydrogen-bond acceptors (Lipinski definition) is 4. The number of thioether (sulfide) groups is 2. The molecule has 1 unspecified atom stereocenters. The fourth-order valence-electron chi connectivity index (χ4n) is 2.84. The van der Waals surface area contributed by atoms with Crippen molar-refractivity contribution in [3.05, 3.63) is 48.0 Å². The van der Waals surface area contributed by atoms with E-state index in [0.29, 0.717) is 5.56 Å². The summed E-state index contributed by atoms with van der Waals surface area (Å²) >= 11 is 2.97. The Morgan fingerprint density at radius 3 is 2.38 bits per heavy atom. The van der Waals surface area contributed by atoms with Crippen LogP contribution in [0.2, 0.25) is 0 Å². The Kier molecular flexibility index (Phi) is 5.46. The standard InChI is InChI=1S/C20H25NO2S3/c1-14(22)20(24-11-12-25-20)18(21-26(23)19(2,3)4)17-10-9-15-7-5-6-8-16(15)13-17/h5-10,13,18,21H,11-12H2,1-4H3/t18-,26?/m0/s1/i18D. The molecule has 1 saturated heterocycles. The summed E-state index contributed by atoms with van der Waals surface area (Å²) in [5.74, 6) is 1.52.